The summed E-state index contributed by atoms with van der Waals surface area (Å²) in [5, 5.41) is 6.67. The van der Waals surface area contributed by atoms with Crippen molar-refractivity contribution in [3.63, 3.8) is 0 Å². The molecule has 2 heterocycles. The molecule has 106 valence electrons. The van der Waals surface area contributed by atoms with E-state index in [0.717, 1.165) is 0 Å². The van der Waals surface area contributed by atoms with Crippen LogP contribution in [0.25, 0.3) is 0 Å². The van der Waals surface area contributed by atoms with Gasteiger partial charge in [-0.15, -0.1) is 0 Å². The summed E-state index contributed by atoms with van der Waals surface area (Å²) in [5.41, 5.74) is 6.83. The molecule has 1 amide bonds. The Labute approximate surface area is 116 Å². The smallest absolute Gasteiger partial charge is 0.276 e. The number of amides is 1. The van der Waals surface area contributed by atoms with Gasteiger partial charge in [-0.3, -0.25) is 9.48 Å². The van der Waals surface area contributed by atoms with Crippen LogP contribution in [0.4, 0.5) is 11.4 Å². The van der Waals surface area contributed by atoms with Crippen molar-refractivity contribution in [1.82, 2.24) is 14.8 Å². The molecular weight excluding hydrogens is 258 g/mol. The fraction of sp³-hybridized carbons (Fsp3) is 0.308. The van der Waals surface area contributed by atoms with Crippen LogP contribution in [0.5, 0.6) is 5.88 Å². The Hall–Kier alpha value is -2.57. The number of aryl methyl sites for hydroxylation is 1. The number of nitrogens with zero attached hydrogens (tertiary/aromatic N) is 3. The number of anilines is 2. The van der Waals surface area contributed by atoms with E-state index in [1.807, 2.05) is 13.8 Å². The molecule has 2 aromatic heterocycles. The van der Waals surface area contributed by atoms with Crippen molar-refractivity contribution in [2.75, 3.05) is 11.1 Å². The molecule has 0 aliphatic carbocycles. The van der Waals surface area contributed by atoms with Crippen LogP contribution in [0.3, 0.4) is 0 Å². The SMILES string of the molecule is CC(C)Oc1ncccc1NC(=O)c1c(N)cnn1C. The summed E-state index contributed by atoms with van der Waals surface area (Å²) in [6, 6.07) is 3.44. The Balaban J connectivity index is 2.24. The molecule has 7 heteroatoms. The number of pyridine rings is 1. The second kappa shape index (κ2) is 5.60. The van der Waals surface area contributed by atoms with Crippen molar-refractivity contribution in [1.29, 1.82) is 0 Å². The lowest BCUT2D eigenvalue weighted by Gasteiger charge is -2.13. The Morgan fingerprint density at radius 1 is 1.50 bits per heavy atom. The highest BCUT2D eigenvalue weighted by molar-refractivity contribution is 6.06. The molecule has 2 aromatic rings. The topological polar surface area (TPSA) is 95.1 Å². The van der Waals surface area contributed by atoms with E-state index in [4.69, 9.17) is 10.5 Å². The van der Waals surface area contributed by atoms with Crippen LogP contribution < -0.4 is 15.8 Å². The van der Waals surface area contributed by atoms with E-state index in [0.29, 0.717) is 22.9 Å². The van der Waals surface area contributed by atoms with Crippen molar-refractivity contribution < 1.29 is 9.53 Å². The average molecular weight is 275 g/mol. The zero-order valence-corrected chi connectivity index (χ0v) is 11.6. The van der Waals surface area contributed by atoms with Crippen molar-refractivity contribution in [3.8, 4) is 5.88 Å². The van der Waals surface area contributed by atoms with Gasteiger partial charge in [-0.25, -0.2) is 4.98 Å². The van der Waals surface area contributed by atoms with Gasteiger partial charge in [0.25, 0.3) is 5.91 Å². The quantitative estimate of drug-likeness (QED) is 0.880. The Bertz CT molecular complexity index is 601. The first kappa shape index (κ1) is 13.9. The lowest BCUT2D eigenvalue weighted by Crippen LogP contribution is -2.19. The first-order valence-corrected chi connectivity index (χ1v) is 6.19. The highest BCUT2D eigenvalue weighted by Gasteiger charge is 2.17. The number of nitrogens with two attached hydrogens (primary N) is 1. The van der Waals surface area contributed by atoms with E-state index < -0.39 is 0 Å². The molecule has 0 aromatic carbocycles. The molecule has 0 radical (unpaired) electrons. The summed E-state index contributed by atoms with van der Waals surface area (Å²) in [6.07, 6.45) is 3.00. The zero-order chi connectivity index (χ0) is 14.7. The molecule has 2 rings (SSSR count). The largest absolute Gasteiger partial charge is 0.473 e. The first-order valence-electron chi connectivity index (χ1n) is 6.19. The summed E-state index contributed by atoms with van der Waals surface area (Å²) in [7, 11) is 1.65. The highest BCUT2D eigenvalue weighted by atomic mass is 16.5. The lowest BCUT2D eigenvalue weighted by molar-refractivity contribution is 0.101. The van der Waals surface area contributed by atoms with Crippen LogP contribution in [0.1, 0.15) is 24.3 Å². The van der Waals surface area contributed by atoms with Gasteiger partial charge in [-0.05, 0) is 26.0 Å². The molecule has 0 atom stereocenters. The number of carbonyl (C=O) groups excluding carboxylic acids is 1. The summed E-state index contributed by atoms with van der Waals surface area (Å²) in [5.74, 6) is 0.0145. The van der Waals surface area contributed by atoms with Gasteiger partial charge in [-0.2, -0.15) is 5.10 Å². The molecule has 0 bridgehead atoms. The fourth-order valence-electron chi connectivity index (χ4n) is 1.72. The number of hydrogen-bond donors (Lipinski definition) is 2. The van der Waals surface area contributed by atoms with Gasteiger partial charge in [0.15, 0.2) is 0 Å². The molecule has 0 fully saturated rings. The molecule has 0 aliphatic rings. The van der Waals surface area contributed by atoms with E-state index >= 15 is 0 Å². The second-order valence-corrected chi connectivity index (χ2v) is 4.55. The van der Waals surface area contributed by atoms with Gasteiger partial charge in [0.2, 0.25) is 5.88 Å². The highest BCUT2D eigenvalue weighted by Crippen LogP contribution is 2.23. The van der Waals surface area contributed by atoms with Gasteiger partial charge in [0.1, 0.15) is 11.4 Å². The minimum Gasteiger partial charge on any atom is -0.473 e. The van der Waals surface area contributed by atoms with Crippen molar-refractivity contribution >= 4 is 17.3 Å². The number of hydrogen-bond acceptors (Lipinski definition) is 5. The van der Waals surface area contributed by atoms with Crippen LogP contribution in [0.15, 0.2) is 24.5 Å². The molecule has 3 N–H and O–H groups in total. The van der Waals surface area contributed by atoms with E-state index in [-0.39, 0.29) is 12.0 Å². The van der Waals surface area contributed by atoms with E-state index in [1.54, 1.807) is 25.4 Å². The van der Waals surface area contributed by atoms with E-state index in [1.165, 1.54) is 10.9 Å². The third kappa shape index (κ3) is 2.87. The van der Waals surface area contributed by atoms with Gasteiger partial charge >= 0.3 is 0 Å². The van der Waals surface area contributed by atoms with Crippen LogP contribution in [-0.2, 0) is 7.05 Å². The summed E-state index contributed by atoms with van der Waals surface area (Å²) in [4.78, 5) is 16.3. The van der Waals surface area contributed by atoms with Crippen LogP contribution >= 0.6 is 0 Å². The molecule has 0 saturated carbocycles. The van der Waals surface area contributed by atoms with Gasteiger partial charge in [0, 0.05) is 13.2 Å². The van der Waals surface area contributed by atoms with Gasteiger partial charge < -0.3 is 15.8 Å². The number of rotatable bonds is 4. The van der Waals surface area contributed by atoms with E-state index in [2.05, 4.69) is 15.4 Å². The number of carbonyl (C=O) groups is 1. The lowest BCUT2D eigenvalue weighted by atomic mass is 10.3. The molecule has 0 saturated heterocycles. The predicted molar refractivity (Wildman–Crippen MR) is 75.6 cm³/mol. The van der Waals surface area contributed by atoms with Crippen LogP contribution in [0, 0.1) is 0 Å². The monoisotopic (exact) mass is 275 g/mol. The Morgan fingerprint density at radius 2 is 2.25 bits per heavy atom. The normalized spacial score (nSPS) is 10.6. The fourth-order valence-corrected chi connectivity index (χ4v) is 1.72. The maximum absolute atomic E-state index is 12.2. The van der Waals surface area contributed by atoms with Gasteiger partial charge in [-0.1, -0.05) is 0 Å². The molecule has 0 unspecified atom stereocenters. The zero-order valence-electron chi connectivity index (χ0n) is 11.6. The standard InChI is InChI=1S/C13H17N5O2/c1-8(2)20-13-10(5-4-6-15-13)17-12(19)11-9(14)7-16-18(11)3/h4-8H,14H2,1-3H3,(H,17,19). The maximum Gasteiger partial charge on any atom is 0.276 e. The van der Waals surface area contributed by atoms with Gasteiger partial charge in [0.05, 0.1) is 18.0 Å². The molecule has 20 heavy (non-hydrogen) atoms. The van der Waals surface area contributed by atoms with E-state index in [9.17, 15) is 4.79 Å². The average Bonchev–Trinajstić information content (AvgIpc) is 2.71. The van der Waals surface area contributed by atoms with Crippen molar-refractivity contribution in [2.24, 2.45) is 7.05 Å². The predicted octanol–water partition coefficient (Wildman–Crippen LogP) is 1.44. The summed E-state index contributed by atoms with van der Waals surface area (Å²) in [6.45, 7) is 3.78. The third-order valence-electron chi connectivity index (χ3n) is 2.55. The summed E-state index contributed by atoms with van der Waals surface area (Å²) < 4.78 is 6.97. The van der Waals surface area contributed by atoms with Crippen molar-refractivity contribution in [3.05, 3.63) is 30.2 Å². The third-order valence-corrected chi connectivity index (χ3v) is 2.55. The summed E-state index contributed by atoms with van der Waals surface area (Å²) >= 11 is 0. The number of aromatic nitrogens is 3. The maximum atomic E-state index is 12.2. The second-order valence-electron chi connectivity index (χ2n) is 4.55. The minimum absolute atomic E-state index is 0.0395. The first-order chi connectivity index (χ1) is 9.49. The number of ether oxygens (including phenoxy) is 1. The molecule has 0 aliphatic heterocycles. The number of nitrogens with one attached hydrogen (secondary N) is 1. The van der Waals surface area contributed by atoms with Crippen LogP contribution in [0.2, 0.25) is 0 Å². The molecular formula is C13H17N5O2. The van der Waals surface area contributed by atoms with Crippen LogP contribution in [-0.4, -0.2) is 26.8 Å². The molecule has 7 nitrogen and oxygen atoms in total. The Morgan fingerprint density at radius 3 is 2.85 bits per heavy atom. The number of nitrogen functional groups attached to an aromatic ring is 1. The van der Waals surface area contributed by atoms with Crippen molar-refractivity contribution in [2.45, 2.75) is 20.0 Å². The minimum atomic E-state index is -0.357. The molecule has 0 spiro atoms. The Kier molecular flexibility index (Phi) is 3.88.